The molecule has 0 saturated heterocycles. The van der Waals surface area contributed by atoms with E-state index in [-0.39, 0.29) is 0 Å². The van der Waals surface area contributed by atoms with Crippen molar-refractivity contribution >= 4 is 23.6 Å². The monoisotopic (exact) mass is 419 g/mol. The second kappa shape index (κ2) is 11.3. The average Bonchev–Trinajstić information content (AvgIpc) is 3.23. The fourth-order valence-electron chi connectivity index (χ4n) is 2.85. The number of hydrogen-bond donors (Lipinski definition) is 3. The van der Waals surface area contributed by atoms with Crippen molar-refractivity contribution in [1.29, 1.82) is 0 Å². The van der Waals surface area contributed by atoms with Gasteiger partial charge in [0.25, 0.3) is 5.91 Å². The molecule has 1 heterocycles. The predicted octanol–water partition coefficient (Wildman–Crippen LogP) is 3.60. The summed E-state index contributed by atoms with van der Waals surface area (Å²) in [5.41, 5.74) is 14.4. The molecule has 0 spiro atoms. The maximum atomic E-state index is 11.5. The molecule has 0 bridgehead atoms. The maximum Gasteiger partial charge on any atom is 0.254 e. The number of amides is 1. The molecule has 5 N–H and O–H groups in total. The van der Waals surface area contributed by atoms with Crippen LogP contribution in [0.2, 0.25) is 0 Å². The summed E-state index contributed by atoms with van der Waals surface area (Å²) in [6.45, 7) is 8.31. The molecule has 0 saturated carbocycles. The first kappa shape index (κ1) is 23.4. The maximum absolute atomic E-state index is 11.5. The van der Waals surface area contributed by atoms with Crippen molar-refractivity contribution in [2.24, 2.45) is 16.6 Å². The van der Waals surface area contributed by atoms with Crippen molar-refractivity contribution in [3.63, 3.8) is 0 Å². The van der Waals surface area contributed by atoms with E-state index in [1.54, 1.807) is 35.3 Å². The minimum Gasteiger partial charge on any atom is -0.371 e. The van der Waals surface area contributed by atoms with Gasteiger partial charge in [-0.1, -0.05) is 37.8 Å². The van der Waals surface area contributed by atoms with Gasteiger partial charge >= 0.3 is 0 Å². The van der Waals surface area contributed by atoms with Crippen LogP contribution in [0, 0.1) is 0 Å². The van der Waals surface area contributed by atoms with Crippen molar-refractivity contribution in [3.05, 3.63) is 73.1 Å². The summed E-state index contributed by atoms with van der Waals surface area (Å²) in [5, 5.41) is 13.2. The topological polar surface area (TPSA) is 115 Å². The lowest BCUT2D eigenvalue weighted by molar-refractivity contribution is 0.100. The lowest BCUT2D eigenvalue weighted by Gasteiger charge is -2.14. The molecule has 162 valence electrons. The van der Waals surface area contributed by atoms with Crippen LogP contribution in [0.5, 0.6) is 0 Å². The van der Waals surface area contributed by atoms with E-state index in [0.717, 1.165) is 29.0 Å². The van der Waals surface area contributed by atoms with Gasteiger partial charge in [0.15, 0.2) is 5.82 Å². The van der Waals surface area contributed by atoms with Crippen molar-refractivity contribution < 1.29 is 4.79 Å². The van der Waals surface area contributed by atoms with Gasteiger partial charge in [-0.2, -0.15) is 5.10 Å². The SMILES string of the molecule is C=CN(/N=C\C)c1cccc(-c2ccc(-n3cc(C(N)=O)c(NC)n3)cc2)c1.CCN. The molecule has 0 radical (unpaired) electrons. The van der Waals surface area contributed by atoms with Gasteiger partial charge in [-0.25, -0.2) is 9.69 Å². The summed E-state index contributed by atoms with van der Waals surface area (Å²) < 4.78 is 1.63. The number of nitrogens with zero attached hydrogens (tertiary/aromatic N) is 4. The first-order valence-corrected chi connectivity index (χ1v) is 9.87. The van der Waals surface area contributed by atoms with Crippen LogP contribution in [0.1, 0.15) is 24.2 Å². The molecule has 3 rings (SSSR count). The van der Waals surface area contributed by atoms with E-state index in [2.05, 4.69) is 22.1 Å². The molecular weight excluding hydrogens is 390 g/mol. The first-order chi connectivity index (χ1) is 15.0. The van der Waals surface area contributed by atoms with Crippen LogP contribution in [0.4, 0.5) is 11.5 Å². The minimum absolute atomic E-state index is 0.347. The highest BCUT2D eigenvalue weighted by molar-refractivity contribution is 5.97. The highest BCUT2D eigenvalue weighted by Crippen LogP contribution is 2.26. The van der Waals surface area contributed by atoms with Gasteiger partial charge in [0.05, 0.1) is 11.4 Å². The van der Waals surface area contributed by atoms with Crippen molar-refractivity contribution in [1.82, 2.24) is 9.78 Å². The molecule has 0 aliphatic heterocycles. The minimum atomic E-state index is -0.523. The second-order valence-electron chi connectivity index (χ2n) is 6.36. The zero-order chi connectivity index (χ0) is 22.8. The Labute approximate surface area is 182 Å². The van der Waals surface area contributed by atoms with Crippen LogP contribution in [-0.2, 0) is 0 Å². The van der Waals surface area contributed by atoms with E-state index in [1.165, 1.54) is 0 Å². The normalized spacial score (nSPS) is 10.3. The molecule has 8 nitrogen and oxygen atoms in total. The Hall–Kier alpha value is -3.91. The fourth-order valence-corrected chi connectivity index (χ4v) is 2.85. The summed E-state index contributed by atoms with van der Waals surface area (Å²) in [7, 11) is 1.70. The standard InChI is InChI=1S/C21H22N6O.C2H7N/c1-4-24-26(5-2)18-8-6-7-16(13-18)15-9-11-17(12-10-15)27-14-19(20(22)28)21(23-3)25-27;1-2-3/h4-14H,2H2,1,3H3,(H2,22,28)(H,23,25);2-3H2,1H3/b24-4-;. The molecule has 0 aliphatic rings. The van der Waals surface area contributed by atoms with Crippen molar-refractivity contribution in [3.8, 4) is 16.8 Å². The molecule has 0 fully saturated rings. The highest BCUT2D eigenvalue weighted by Gasteiger charge is 2.13. The molecular formula is C23H29N7O. The number of hydrazone groups is 1. The molecule has 1 amide bonds. The number of nitrogens with two attached hydrogens (primary N) is 2. The van der Waals surface area contributed by atoms with Crippen LogP contribution in [0.15, 0.2) is 72.6 Å². The molecule has 0 atom stereocenters. The Balaban J connectivity index is 0.00000107. The fraction of sp³-hybridized carbons (Fsp3) is 0.174. The zero-order valence-corrected chi connectivity index (χ0v) is 18.1. The number of carbonyl (C=O) groups excluding carboxylic acids is 1. The van der Waals surface area contributed by atoms with Crippen molar-refractivity contribution in [2.75, 3.05) is 23.9 Å². The van der Waals surface area contributed by atoms with E-state index in [9.17, 15) is 4.79 Å². The largest absolute Gasteiger partial charge is 0.371 e. The lowest BCUT2D eigenvalue weighted by atomic mass is 10.0. The number of nitrogens with one attached hydrogen (secondary N) is 1. The van der Waals surface area contributed by atoms with Crippen LogP contribution < -0.4 is 21.8 Å². The molecule has 0 aliphatic carbocycles. The van der Waals surface area contributed by atoms with Gasteiger partial charge < -0.3 is 16.8 Å². The molecule has 0 unspecified atom stereocenters. The third kappa shape index (κ3) is 5.80. The van der Waals surface area contributed by atoms with Crippen LogP contribution in [-0.4, -0.2) is 35.5 Å². The van der Waals surface area contributed by atoms with Crippen LogP contribution >= 0.6 is 0 Å². The number of carbonyl (C=O) groups is 1. The Kier molecular flexibility index (Phi) is 8.53. The van der Waals surface area contributed by atoms with E-state index in [0.29, 0.717) is 11.4 Å². The average molecular weight is 420 g/mol. The predicted molar refractivity (Wildman–Crippen MR) is 129 cm³/mol. The smallest absolute Gasteiger partial charge is 0.254 e. The van der Waals surface area contributed by atoms with E-state index in [1.807, 2.05) is 62.4 Å². The molecule has 8 heteroatoms. The van der Waals surface area contributed by atoms with Crippen LogP contribution in [0.25, 0.3) is 16.8 Å². The van der Waals surface area contributed by atoms with Gasteiger partial charge in [-0.3, -0.25) is 4.79 Å². The summed E-state index contributed by atoms with van der Waals surface area (Å²) in [5.74, 6) is -0.0733. The molecule has 31 heavy (non-hydrogen) atoms. The van der Waals surface area contributed by atoms with Gasteiger partial charge in [0.1, 0.15) is 5.56 Å². The third-order valence-electron chi connectivity index (χ3n) is 4.21. The number of benzene rings is 2. The van der Waals surface area contributed by atoms with Gasteiger partial charge in [0.2, 0.25) is 0 Å². The highest BCUT2D eigenvalue weighted by atomic mass is 16.1. The number of hydrogen-bond acceptors (Lipinski definition) is 6. The third-order valence-corrected chi connectivity index (χ3v) is 4.21. The van der Waals surface area contributed by atoms with E-state index >= 15 is 0 Å². The molecule has 2 aromatic carbocycles. The van der Waals surface area contributed by atoms with Crippen LogP contribution in [0.3, 0.4) is 0 Å². The Morgan fingerprint density at radius 2 is 1.94 bits per heavy atom. The van der Waals surface area contributed by atoms with E-state index in [4.69, 9.17) is 11.5 Å². The Morgan fingerprint density at radius 1 is 1.26 bits per heavy atom. The first-order valence-electron chi connectivity index (χ1n) is 9.87. The summed E-state index contributed by atoms with van der Waals surface area (Å²) in [6.07, 6.45) is 5.00. The zero-order valence-electron chi connectivity index (χ0n) is 18.1. The quantitative estimate of drug-likeness (QED) is 0.400. The Bertz CT molecular complexity index is 1040. The number of anilines is 2. The molecule has 3 aromatic rings. The summed E-state index contributed by atoms with van der Waals surface area (Å²) in [6, 6.07) is 15.9. The number of primary amides is 1. The summed E-state index contributed by atoms with van der Waals surface area (Å²) in [4.78, 5) is 11.5. The second-order valence-corrected chi connectivity index (χ2v) is 6.36. The van der Waals surface area contributed by atoms with Gasteiger partial charge in [-0.05, 0) is 48.9 Å². The van der Waals surface area contributed by atoms with Crippen molar-refractivity contribution in [2.45, 2.75) is 13.8 Å². The van der Waals surface area contributed by atoms with E-state index < -0.39 is 5.91 Å². The molecule has 1 aromatic heterocycles. The number of aromatic nitrogens is 2. The Morgan fingerprint density at radius 3 is 2.45 bits per heavy atom. The lowest BCUT2D eigenvalue weighted by Crippen LogP contribution is -2.11. The summed E-state index contributed by atoms with van der Waals surface area (Å²) >= 11 is 0. The number of rotatable bonds is 7. The van der Waals surface area contributed by atoms with Gasteiger partial charge in [-0.15, -0.1) is 5.10 Å². The van der Waals surface area contributed by atoms with Gasteiger partial charge in [0, 0.05) is 25.7 Å².